The number of hydrogen-bond acceptors (Lipinski definition) is 5. The van der Waals surface area contributed by atoms with Crippen LogP contribution in [0.2, 0.25) is 0 Å². The van der Waals surface area contributed by atoms with E-state index in [9.17, 15) is 8.42 Å². The molecule has 7 heteroatoms. The van der Waals surface area contributed by atoms with E-state index in [1.54, 1.807) is 0 Å². The van der Waals surface area contributed by atoms with Crippen molar-refractivity contribution in [2.45, 2.75) is 4.90 Å². The lowest BCUT2D eigenvalue weighted by Gasteiger charge is -1.96. The summed E-state index contributed by atoms with van der Waals surface area (Å²) in [5.41, 5.74) is 5.85. The van der Waals surface area contributed by atoms with Gasteiger partial charge in [-0.1, -0.05) is 0 Å². The highest BCUT2D eigenvalue weighted by atomic mass is 32.2. The molecule has 13 heavy (non-hydrogen) atoms. The van der Waals surface area contributed by atoms with Gasteiger partial charge in [0, 0.05) is 5.69 Å². The van der Waals surface area contributed by atoms with E-state index in [1.807, 2.05) is 0 Å². The molecular weight excluding hydrogens is 210 g/mol. The van der Waals surface area contributed by atoms with E-state index < -0.39 is 10.0 Å². The Morgan fingerprint density at radius 3 is 1.77 bits per heavy atom. The number of anilines is 1. The van der Waals surface area contributed by atoms with Gasteiger partial charge in [0.2, 0.25) is 10.0 Å². The van der Waals surface area contributed by atoms with Crippen LogP contribution in [-0.4, -0.2) is 8.42 Å². The second kappa shape index (κ2) is 5.07. The standard InChI is InChI=1S/C6H8N2O2S.H3NS/c7-5-1-3-6(4-2-5)11(8,9)10;1-2/h1-4H,7H2,(H2,8,9,10);2H,1H2. The average Bonchev–Trinajstić information content (AvgIpc) is 2.07. The van der Waals surface area contributed by atoms with Gasteiger partial charge >= 0.3 is 0 Å². The summed E-state index contributed by atoms with van der Waals surface area (Å²) in [5, 5.41) is 9.03. The number of benzene rings is 1. The molecule has 0 radical (unpaired) electrons. The summed E-state index contributed by atoms with van der Waals surface area (Å²) in [5.74, 6) is 0. The van der Waals surface area contributed by atoms with Crippen LogP contribution < -0.4 is 16.0 Å². The molecule has 0 fully saturated rings. The van der Waals surface area contributed by atoms with E-state index in [0.29, 0.717) is 5.69 Å². The molecule has 1 rings (SSSR count). The van der Waals surface area contributed by atoms with E-state index in [4.69, 9.17) is 10.9 Å². The molecule has 0 heterocycles. The zero-order valence-corrected chi connectivity index (χ0v) is 8.42. The van der Waals surface area contributed by atoms with E-state index in [2.05, 4.69) is 18.0 Å². The van der Waals surface area contributed by atoms with Crippen LogP contribution in [0.25, 0.3) is 0 Å². The summed E-state index contributed by atoms with van der Waals surface area (Å²) >= 11 is 3.03. The van der Waals surface area contributed by atoms with Crippen LogP contribution in [0, 0.1) is 0 Å². The predicted octanol–water partition coefficient (Wildman–Crippen LogP) is -0.294. The predicted molar refractivity (Wildman–Crippen MR) is 55.4 cm³/mol. The van der Waals surface area contributed by atoms with Crippen LogP contribution in [0.5, 0.6) is 0 Å². The molecule has 0 spiro atoms. The molecule has 6 N–H and O–H groups in total. The van der Waals surface area contributed by atoms with Crippen molar-refractivity contribution in [1.29, 1.82) is 0 Å². The van der Waals surface area contributed by atoms with Crippen molar-refractivity contribution in [2.24, 2.45) is 10.3 Å². The smallest absolute Gasteiger partial charge is 0.238 e. The van der Waals surface area contributed by atoms with E-state index in [-0.39, 0.29) is 4.90 Å². The first-order valence-corrected chi connectivity index (χ1v) is 5.20. The Hall–Kier alpha value is -0.760. The van der Waals surface area contributed by atoms with Crippen LogP contribution in [0.3, 0.4) is 0 Å². The maximum absolute atomic E-state index is 10.7. The molecular formula is C6H11N3O2S2. The van der Waals surface area contributed by atoms with Crippen LogP contribution >= 0.6 is 12.8 Å². The van der Waals surface area contributed by atoms with Crippen LogP contribution in [0.4, 0.5) is 5.69 Å². The minimum atomic E-state index is -3.58. The second-order valence-electron chi connectivity index (χ2n) is 2.11. The lowest BCUT2D eigenvalue weighted by molar-refractivity contribution is 0.598. The topological polar surface area (TPSA) is 112 Å². The van der Waals surface area contributed by atoms with Crippen molar-refractivity contribution >= 4 is 28.5 Å². The van der Waals surface area contributed by atoms with Gasteiger partial charge in [-0.3, -0.25) is 5.14 Å². The Morgan fingerprint density at radius 2 is 1.46 bits per heavy atom. The number of hydrogen-bond donors (Lipinski definition) is 4. The van der Waals surface area contributed by atoms with Crippen molar-refractivity contribution in [3.63, 3.8) is 0 Å². The number of thiol groups is 1. The minimum absolute atomic E-state index is 0.0756. The Morgan fingerprint density at radius 1 is 1.08 bits per heavy atom. The second-order valence-corrected chi connectivity index (χ2v) is 3.68. The van der Waals surface area contributed by atoms with Crippen molar-refractivity contribution in [3.05, 3.63) is 24.3 Å². The normalized spacial score (nSPS) is 10.1. The molecule has 0 atom stereocenters. The third-order valence-corrected chi connectivity index (χ3v) is 2.14. The Kier molecular flexibility index (Phi) is 4.78. The van der Waals surface area contributed by atoms with Gasteiger partial charge in [0.15, 0.2) is 0 Å². The third kappa shape index (κ3) is 4.13. The molecule has 0 saturated carbocycles. The first-order valence-electron chi connectivity index (χ1n) is 3.14. The molecule has 0 aliphatic carbocycles. The van der Waals surface area contributed by atoms with Gasteiger partial charge < -0.3 is 5.73 Å². The SMILES string of the molecule is NS.Nc1ccc(S(N)(=O)=O)cc1. The van der Waals surface area contributed by atoms with Gasteiger partial charge in [0.05, 0.1) is 4.90 Å². The van der Waals surface area contributed by atoms with Crippen molar-refractivity contribution in [2.75, 3.05) is 5.73 Å². The fraction of sp³-hybridized carbons (Fsp3) is 0. The first kappa shape index (κ1) is 12.2. The third-order valence-electron chi connectivity index (χ3n) is 1.21. The summed E-state index contributed by atoms with van der Waals surface area (Å²) in [6.45, 7) is 0. The van der Waals surface area contributed by atoms with Crippen molar-refractivity contribution in [1.82, 2.24) is 0 Å². The van der Waals surface area contributed by atoms with E-state index in [0.717, 1.165) is 0 Å². The molecule has 1 aromatic rings. The van der Waals surface area contributed by atoms with Gasteiger partial charge in [0.1, 0.15) is 0 Å². The van der Waals surface area contributed by atoms with Crippen LogP contribution in [-0.2, 0) is 10.0 Å². The number of nitrogens with two attached hydrogens (primary N) is 3. The molecule has 0 aliphatic heterocycles. The number of nitrogen functional groups attached to an aromatic ring is 1. The van der Waals surface area contributed by atoms with Crippen LogP contribution in [0.1, 0.15) is 0 Å². The highest BCUT2D eigenvalue weighted by Gasteiger charge is 2.04. The van der Waals surface area contributed by atoms with Gasteiger partial charge in [-0.25, -0.2) is 13.6 Å². The average molecular weight is 221 g/mol. The van der Waals surface area contributed by atoms with Crippen molar-refractivity contribution < 1.29 is 8.42 Å². The largest absolute Gasteiger partial charge is 0.399 e. The fourth-order valence-electron chi connectivity index (χ4n) is 0.658. The summed E-state index contributed by atoms with van der Waals surface area (Å²) in [6.07, 6.45) is 0. The maximum Gasteiger partial charge on any atom is 0.238 e. The Labute approximate surface area is 82.5 Å². The molecule has 1 aromatic carbocycles. The highest BCUT2D eigenvalue weighted by Crippen LogP contribution is 2.08. The molecule has 0 aliphatic rings. The maximum atomic E-state index is 10.7. The Balaban J connectivity index is 0.000000671. The lowest BCUT2D eigenvalue weighted by Crippen LogP contribution is -2.11. The highest BCUT2D eigenvalue weighted by molar-refractivity contribution is 7.89. The molecule has 0 amide bonds. The zero-order chi connectivity index (χ0) is 10.5. The number of sulfonamides is 1. The summed E-state index contributed by atoms with van der Waals surface area (Å²) in [7, 11) is -3.58. The number of primary sulfonamides is 1. The summed E-state index contributed by atoms with van der Waals surface area (Å²) in [4.78, 5) is 0.0756. The minimum Gasteiger partial charge on any atom is -0.399 e. The quantitative estimate of drug-likeness (QED) is 0.385. The van der Waals surface area contributed by atoms with Gasteiger partial charge in [0.25, 0.3) is 0 Å². The summed E-state index contributed by atoms with van der Waals surface area (Å²) < 4.78 is 21.4. The van der Waals surface area contributed by atoms with Gasteiger partial charge in [-0.2, -0.15) is 0 Å². The molecule has 5 nitrogen and oxygen atoms in total. The monoisotopic (exact) mass is 221 g/mol. The molecule has 74 valence electrons. The fourth-order valence-corrected chi connectivity index (χ4v) is 1.17. The van der Waals surface area contributed by atoms with Gasteiger partial charge in [-0.15, -0.1) is 12.8 Å². The zero-order valence-electron chi connectivity index (χ0n) is 6.71. The number of rotatable bonds is 1. The summed E-state index contributed by atoms with van der Waals surface area (Å²) in [6, 6.07) is 5.70. The Bertz CT molecular complexity index is 347. The van der Waals surface area contributed by atoms with E-state index >= 15 is 0 Å². The molecule has 0 aromatic heterocycles. The first-order chi connectivity index (χ1) is 6.00. The molecule has 0 bridgehead atoms. The van der Waals surface area contributed by atoms with Gasteiger partial charge in [-0.05, 0) is 24.3 Å². The van der Waals surface area contributed by atoms with E-state index in [1.165, 1.54) is 24.3 Å². The molecule has 0 unspecified atom stereocenters. The lowest BCUT2D eigenvalue weighted by atomic mass is 10.3. The molecule has 0 saturated heterocycles. The van der Waals surface area contributed by atoms with Crippen LogP contribution in [0.15, 0.2) is 29.2 Å². The van der Waals surface area contributed by atoms with Crippen molar-refractivity contribution in [3.8, 4) is 0 Å².